The van der Waals surface area contributed by atoms with E-state index < -0.39 is 0 Å². The highest BCUT2D eigenvalue weighted by molar-refractivity contribution is 8.02. The van der Waals surface area contributed by atoms with Crippen molar-refractivity contribution in [3.8, 4) is 30.6 Å². The molecule has 0 spiro atoms. The Kier molecular flexibility index (Phi) is 19.8. The molecule has 0 unspecified atom stereocenters. The van der Waals surface area contributed by atoms with Crippen LogP contribution in [0.15, 0.2) is 55.6 Å². The number of hydrogen-bond acceptors (Lipinski definition) is 6. The van der Waals surface area contributed by atoms with Crippen molar-refractivity contribution < 1.29 is 0 Å². The standard InChI is InChI=1S/C40H58S6/c1-3-5-7-9-11-13-15-17-19-21-27-42-36-32-46-40(39(36)43-28-22-20-18-16-14-12-10-8-6-4-2)38-34(26-31-45-38)37-33(25-30-44-37)35-24-23-29-41-35/h23-26,29-32H,3-22,27-28H2,1-2H3. The zero-order chi connectivity index (χ0) is 32.1. The van der Waals surface area contributed by atoms with Crippen LogP contribution in [0.25, 0.3) is 30.6 Å². The second-order valence-corrected chi connectivity index (χ2v) is 18.5. The smallest absolute Gasteiger partial charge is 0.0596 e. The second kappa shape index (κ2) is 23.8. The van der Waals surface area contributed by atoms with Gasteiger partial charge in [0, 0.05) is 36.1 Å². The summed E-state index contributed by atoms with van der Waals surface area (Å²) in [5.41, 5.74) is 2.82. The van der Waals surface area contributed by atoms with Crippen LogP contribution in [0.5, 0.6) is 0 Å². The summed E-state index contributed by atoms with van der Waals surface area (Å²) in [7, 11) is 0. The van der Waals surface area contributed by atoms with E-state index in [4.69, 9.17) is 0 Å². The van der Waals surface area contributed by atoms with E-state index in [0.717, 1.165) is 0 Å². The molecule has 4 rings (SSSR count). The van der Waals surface area contributed by atoms with Crippen molar-refractivity contribution in [1.29, 1.82) is 0 Å². The van der Waals surface area contributed by atoms with Crippen LogP contribution >= 0.6 is 68.9 Å². The fourth-order valence-electron chi connectivity index (χ4n) is 6.07. The van der Waals surface area contributed by atoms with Gasteiger partial charge in [0.25, 0.3) is 0 Å². The first-order valence-electron chi connectivity index (χ1n) is 18.4. The van der Waals surface area contributed by atoms with Crippen LogP contribution < -0.4 is 0 Å². The molecule has 0 aliphatic heterocycles. The minimum atomic E-state index is 1.24. The summed E-state index contributed by atoms with van der Waals surface area (Å²) >= 11 is 12.0. The number of rotatable bonds is 27. The van der Waals surface area contributed by atoms with Gasteiger partial charge in [0.05, 0.1) is 9.75 Å². The first kappa shape index (κ1) is 38.3. The summed E-state index contributed by atoms with van der Waals surface area (Å²) in [6.07, 6.45) is 28.1. The van der Waals surface area contributed by atoms with Gasteiger partial charge in [0.15, 0.2) is 0 Å². The highest BCUT2D eigenvalue weighted by Crippen LogP contribution is 2.51. The van der Waals surface area contributed by atoms with Gasteiger partial charge < -0.3 is 0 Å². The molecule has 0 radical (unpaired) electrons. The van der Waals surface area contributed by atoms with Crippen LogP contribution in [0, 0.1) is 0 Å². The maximum atomic E-state index is 2.48. The molecule has 4 aromatic rings. The minimum Gasteiger partial charge on any atom is -0.144 e. The molecule has 0 aromatic carbocycles. The summed E-state index contributed by atoms with van der Waals surface area (Å²) < 4.78 is 0. The Morgan fingerprint density at radius 2 is 0.978 bits per heavy atom. The maximum Gasteiger partial charge on any atom is 0.0596 e. The predicted molar refractivity (Wildman–Crippen MR) is 219 cm³/mol. The Morgan fingerprint density at radius 1 is 0.457 bits per heavy atom. The maximum absolute atomic E-state index is 2.48. The van der Waals surface area contributed by atoms with E-state index in [1.54, 1.807) is 4.90 Å². The van der Waals surface area contributed by atoms with E-state index in [1.807, 2.05) is 45.3 Å². The van der Waals surface area contributed by atoms with Crippen LogP contribution in [0.4, 0.5) is 0 Å². The number of thiophene rings is 4. The Balaban J connectivity index is 1.32. The van der Waals surface area contributed by atoms with Gasteiger partial charge >= 0.3 is 0 Å². The Morgan fingerprint density at radius 3 is 1.54 bits per heavy atom. The minimum absolute atomic E-state index is 1.24. The number of hydrogen-bond donors (Lipinski definition) is 0. The quantitative estimate of drug-likeness (QED) is 0.0442. The molecule has 0 saturated carbocycles. The SMILES string of the molecule is CCCCCCCCCCCCSc1csc(-c2sccc2-c2sccc2-c2cccs2)c1SCCCCCCCCCCCC. The molecular formula is C40H58S6. The Hall–Kier alpha value is -0.500. The van der Waals surface area contributed by atoms with Crippen molar-refractivity contribution >= 4 is 68.9 Å². The summed E-state index contributed by atoms with van der Waals surface area (Å²) in [5.74, 6) is 2.50. The molecule has 0 aliphatic rings. The first-order valence-corrected chi connectivity index (χ1v) is 23.9. The third kappa shape index (κ3) is 13.1. The molecule has 4 aromatic heterocycles. The van der Waals surface area contributed by atoms with Gasteiger partial charge in [-0.2, -0.15) is 0 Å². The molecule has 0 N–H and O–H groups in total. The summed E-state index contributed by atoms with van der Waals surface area (Å²) in [4.78, 5) is 8.90. The van der Waals surface area contributed by atoms with Crippen molar-refractivity contribution in [2.45, 2.75) is 152 Å². The Labute approximate surface area is 306 Å². The number of unbranched alkanes of at least 4 members (excludes halogenated alkanes) is 18. The lowest BCUT2D eigenvalue weighted by Gasteiger charge is -2.09. The van der Waals surface area contributed by atoms with Gasteiger partial charge in [0.1, 0.15) is 0 Å². The summed E-state index contributed by atoms with van der Waals surface area (Å²) in [6.45, 7) is 4.62. The number of thioether (sulfide) groups is 2. The van der Waals surface area contributed by atoms with E-state index in [1.165, 1.54) is 175 Å². The topological polar surface area (TPSA) is 0 Å². The van der Waals surface area contributed by atoms with Crippen molar-refractivity contribution in [3.63, 3.8) is 0 Å². The normalized spacial score (nSPS) is 11.6. The largest absolute Gasteiger partial charge is 0.144 e. The average Bonchev–Trinajstić information content (AvgIpc) is 3.89. The summed E-state index contributed by atoms with van der Waals surface area (Å²) in [6, 6.07) is 9.13. The fourth-order valence-corrected chi connectivity index (χ4v) is 12.9. The second-order valence-electron chi connectivity index (χ2n) is 12.6. The van der Waals surface area contributed by atoms with Crippen LogP contribution in [0.2, 0.25) is 0 Å². The van der Waals surface area contributed by atoms with Gasteiger partial charge in [0.2, 0.25) is 0 Å². The molecule has 254 valence electrons. The predicted octanol–water partition coefficient (Wildman–Crippen LogP) is 17.0. The molecule has 46 heavy (non-hydrogen) atoms. The third-order valence-corrected chi connectivity index (χ3v) is 15.4. The highest BCUT2D eigenvalue weighted by atomic mass is 32.2. The molecule has 0 bridgehead atoms. The molecule has 4 heterocycles. The molecule has 0 fully saturated rings. The van der Waals surface area contributed by atoms with Gasteiger partial charge in [-0.05, 0) is 58.7 Å². The molecule has 0 nitrogen and oxygen atoms in total. The highest BCUT2D eigenvalue weighted by Gasteiger charge is 2.21. The Bertz CT molecular complexity index is 1290. The van der Waals surface area contributed by atoms with Crippen LogP contribution in [0.3, 0.4) is 0 Å². The lowest BCUT2D eigenvalue weighted by Crippen LogP contribution is -1.87. The molecule has 0 aliphatic carbocycles. The van der Waals surface area contributed by atoms with Crippen molar-refractivity contribution in [2.24, 2.45) is 0 Å². The van der Waals surface area contributed by atoms with Crippen molar-refractivity contribution in [3.05, 3.63) is 45.8 Å². The molecule has 0 amide bonds. The van der Waals surface area contributed by atoms with Crippen LogP contribution in [0.1, 0.15) is 142 Å². The van der Waals surface area contributed by atoms with Gasteiger partial charge in [-0.15, -0.1) is 68.9 Å². The lowest BCUT2D eigenvalue weighted by atomic mass is 10.1. The summed E-state index contributed by atoms with van der Waals surface area (Å²) in [5, 5.41) is 9.27. The van der Waals surface area contributed by atoms with Crippen molar-refractivity contribution in [2.75, 3.05) is 11.5 Å². The fraction of sp³-hybridized carbons (Fsp3) is 0.600. The monoisotopic (exact) mass is 730 g/mol. The van der Waals surface area contributed by atoms with E-state index in [-0.39, 0.29) is 0 Å². The van der Waals surface area contributed by atoms with Gasteiger partial charge in [-0.25, -0.2) is 0 Å². The van der Waals surface area contributed by atoms with Crippen LogP contribution in [-0.4, -0.2) is 11.5 Å². The third-order valence-electron chi connectivity index (χ3n) is 8.78. The van der Waals surface area contributed by atoms with E-state index in [2.05, 4.69) is 83.2 Å². The molecule has 0 atom stereocenters. The van der Waals surface area contributed by atoms with Crippen LogP contribution in [-0.2, 0) is 0 Å². The lowest BCUT2D eigenvalue weighted by molar-refractivity contribution is 0.563. The molecular weight excluding hydrogens is 673 g/mol. The molecule has 0 saturated heterocycles. The van der Waals surface area contributed by atoms with E-state index >= 15 is 0 Å². The first-order chi connectivity index (χ1) is 22.8. The van der Waals surface area contributed by atoms with E-state index in [0.29, 0.717) is 0 Å². The van der Waals surface area contributed by atoms with Gasteiger partial charge in [-0.1, -0.05) is 135 Å². The van der Waals surface area contributed by atoms with Gasteiger partial charge in [-0.3, -0.25) is 0 Å². The van der Waals surface area contributed by atoms with Crippen molar-refractivity contribution in [1.82, 2.24) is 0 Å². The molecule has 6 heteroatoms. The zero-order valence-corrected chi connectivity index (χ0v) is 33.5. The zero-order valence-electron chi connectivity index (χ0n) is 28.6. The van der Waals surface area contributed by atoms with E-state index in [9.17, 15) is 0 Å². The average molecular weight is 731 g/mol.